The van der Waals surface area contributed by atoms with E-state index in [1.54, 1.807) is 4.68 Å². The van der Waals surface area contributed by atoms with Crippen molar-refractivity contribution in [3.8, 4) is 5.88 Å². The van der Waals surface area contributed by atoms with Crippen LogP contribution < -0.4 is 4.74 Å². The number of H-pyrrole nitrogens is 1. The Morgan fingerprint density at radius 3 is 3.04 bits per heavy atom. The molecule has 0 saturated heterocycles. The number of halogens is 1. The maximum Gasteiger partial charge on any atom is 0.367 e. The van der Waals surface area contributed by atoms with Gasteiger partial charge in [0.1, 0.15) is 5.82 Å². The Morgan fingerprint density at radius 1 is 1.43 bits per heavy atom. The van der Waals surface area contributed by atoms with Crippen molar-refractivity contribution in [2.45, 2.75) is 6.54 Å². The molecule has 2 aromatic heterocycles. The summed E-state index contributed by atoms with van der Waals surface area (Å²) >= 11 is 0. The van der Waals surface area contributed by atoms with Crippen molar-refractivity contribution in [3.05, 3.63) is 35.9 Å². The van der Waals surface area contributed by atoms with Gasteiger partial charge in [0.05, 0.1) is 23.6 Å². The number of benzene rings is 1. The van der Waals surface area contributed by atoms with Crippen molar-refractivity contribution in [1.82, 2.24) is 30.1 Å². The lowest BCUT2D eigenvalue weighted by Gasteiger charge is -2.07. The molecule has 0 bridgehead atoms. The molecule has 23 heavy (non-hydrogen) atoms. The first-order valence-corrected chi connectivity index (χ1v) is 6.93. The van der Waals surface area contributed by atoms with E-state index in [2.05, 4.69) is 20.5 Å². The van der Waals surface area contributed by atoms with Crippen molar-refractivity contribution in [1.29, 1.82) is 0 Å². The minimum atomic E-state index is -0.668. The maximum atomic E-state index is 13.1. The molecule has 0 saturated carbocycles. The lowest BCUT2D eigenvalue weighted by atomic mass is 10.2. The van der Waals surface area contributed by atoms with Crippen molar-refractivity contribution in [3.63, 3.8) is 0 Å². The second-order valence-electron chi connectivity index (χ2n) is 5.28. The number of carbonyl (C=O) groups is 1. The summed E-state index contributed by atoms with van der Waals surface area (Å²) in [5.74, 6) is -0.991. The molecule has 120 valence electrons. The third kappa shape index (κ3) is 3.34. The Bertz CT molecular complexity index is 841. The lowest BCUT2D eigenvalue weighted by Crippen LogP contribution is -2.18. The Morgan fingerprint density at radius 2 is 2.26 bits per heavy atom. The highest BCUT2D eigenvalue weighted by molar-refractivity contribution is 5.92. The van der Waals surface area contributed by atoms with Crippen LogP contribution in [0.1, 0.15) is 10.5 Å². The number of fused-ring (bicyclic) bond motifs is 1. The predicted molar refractivity (Wildman–Crippen MR) is 79.6 cm³/mol. The Kier molecular flexibility index (Phi) is 4.02. The van der Waals surface area contributed by atoms with Crippen LogP contribution in [0.2, 0.25) is 0 Å². The summed E-state index contributed by atoms with van der Waals surface area (Å²) in [5.41, 5.74) is 0.532. The number of rotatable bonds is 5. The van der Waals surface area contributed by atoms with Gasteiger partial charge in [-0.15, -0.1) is 10.2 Å². The molecular formula is C14H15FN6O2. The van der Waals surface area contributed by atoms with Crippen molar-refractivity contribution < 1.29 is 13.9 Å². The van der Waals surface area contributed by atoms with Gasteiger partial charge in [0.25, 0.3) is 0 Å². The molecule has 0 spiro atoms. The van der Waals surface area contributed by atoms with Crippen LogP contribution in [0.4, 0.5) is 4.39 Å². The number of carbonyl (C=O) groups excluding carboxylic acids is 1. The molecule has 9 heteroatoms. The number of likely N-dealkylation sites (N-methyl/N-ethyl adjacent to an activating group) is 1. The molecule has 0 aliphatic rings. The van der Waals surface area contributed by atoms with Gasteiger partial charge in [0, 0.05) is 6.54 Å². The van der Waals surface area contributed by atoms with Crippen molar-refractivity contribution in [2.24, 2.45) is 0 Å². The first-order valence-electron chi connectivity index (χ1n) is 6.93. The van der Waals surface area contributed by atoms with Crippen LogP contribution in [0.5, 0.6) is 5.88 Å². The first kappa shape index (κ1) is 15.1. The summed E-state index contributed by atoms with van der Waals surface area (Å²) in [6.45, 7) is 1.38. The number of hydrogen-bond donors (Lipinski definition) is 1. The molecule has 3 aromatic rings. The van der Waals surface area contributed by atoms with Crippen molar-refractivity contribution in [2.75, 3.05) is 20.6 Å². The van der Waals surface area contributed by atoms with Crippen LogP contribution in [0.15, 0.2) is 24.4 Å². The smallest absolute Gasteiger partial charge is 0.367 e. The SMILES string of the molecule is CN(C)CCn1cc(C(=O)Oc2n[nH]c3cc(F)ccc23)nn1. The second kappa shape index (κ2) is 6.13. The van der Waals surface area contributed by atoms with E-state index in [1.165, 1.54) is 24.4 Å². The van der Waals surface area contributed by atoms with E-state index in [4.69, 9.17) is 4.74 Å². The maximum absolute atomic E-state index is 13.1. The minimum Gasteiger partial charge on any atom is -0.400 e. The topological polar surface area (TPSA) is 88.9 Å². The summed E-state index contributed by atoms with van der Waals surface area (Å²) in [4.78, 5) is 14.1. The minimum absolute atomic E-state index is 0.0767. The van der Waals surface area contributed by atoms with E-state index in [1.807, 2.05) is 19.0 Å². The van der Waals surface area contributed by atoms with E-state index < -0.39 is 11.8 Å². The first-order chi connectivity index (χ1) is 11.0. The average molecular weight is 318 g/mol. The number of esters is 1. The summed E-state index contributed by atoms with van der Waals surface area (Å²) in [6, 6.07) is 4.04. The molecule has 0 fully saturated rings. The van der Waals surface area contributed by atoms with Gasteiger partial charge in [-0.1, -0.05) is 5.21 Å². The molecule has 1 aromatic carbocycles. The van der Waals surface area contributed by atoms with E-state index >= 15 is 0 Å². The fourth-order valence-electron chi connectivity index (χ4n) is 1.99. The molecule has 0 aliphatic heterocycles. The van der Waals surface area contributed by atoms with E-state index in [9.17, 15) is 9.18 Å². The summed E-state index contributed by atoms with van der Waals surface area (Å²) < 4.78 is 19.9. The molecule has 1 N–H and O–H groups in total. The zero-order valence-corrected chi connectivity index (χ0v) is 12.7. The van der Waals surface area contributed by atoms with Gasteiger partial charge in [-0.3, -0.25) is 9.78 Å². The quantitative estimate of drug-likeness (QED) is 0.708. The lowest BCUT2D eigenvalue weighted by molar-refractivity contribution is 0.0723. The number of hydrogen-bond acceptors (Lipinski definition) is 6. The highest BCUT2D eigenvalue weighted by Crippen LogP contribution is 2.23. The van der Waals surface area contributed by atoms with E-state index in [0.717, 1.165) is 6.54 Å². The summed E-state index contributed by atoms with van der Waals surface area (Å²) in [5, 5.41) is 14.7. The van der Waals surface area contributed by atoms with Gasteiger partial charge in [-0.05, 0) is 32.3 Å². The molecule has 0 aliphatic carbocycles. The number of aromatic amines is 1. The van der Waals surface area contributed by atoms with Crippen molar-refractivity contribution >= 4 is 16.9 Å². The van der Waals surface area contributed by atoms with Gasteiger partial charge in [0.2, 0.25) is 5.88 Å². The van der Waals surface area contributed by atoms with E-state index in [-0.39, 0.29) is 11.6 Å². The van der Waals surface area contributed by atoms with Crippen LogP contribution >= 0.6 is 0 Å². The molecule has 8 nitrogen and oxygen atoms in total. The summed E-state index contributed by atoms with van der Waals surface area (Å²) in [7, 11) is 3.88. The van der Waals surface area contributed by atoms with Crippen LogP contribution in [0, 0.1) is 5.82 Å². The third-order valence-corrected chi connectivity index (χ3v) is 3.20. The molecule has 3 rings (SSSR count). The second-order valence-corrected chi connectivity index (χ2v) is 5.28. The zero-order chi connectivity index (χ0) is 16.4. The largest absolute Gasteiger partial charge is 0.400 e. The molecular weight excluding hydrogens is 303 g/mol. The standard InChI is InChI=1S/C14H15FN6O2/c1-20(2)5-6-21-8-12(17-19-21)14(22)23-13-10-4-3-9(15)7-11(10)16-18-13/h3-4,7-8H,5-6H2,1-2H3,(H,16,18). The number of aromatic nitrogens is 5. The predicted octanol–water partition coefficient (Wildman–Crippen LogP) is 1.07. The van der Waals surface area contributed by atoms with Gasteiger partial charge in [-0.25, -0.2) is 9.18 Å². The number of nitrogens with one attached hydrogen (secondary N) is 1. The van der Waals surface area contributed by atoms with Gasteiger partial charge in [-0.2, -0.15) is 0 Å². The molecule has 0 unspecified atom stereocenters. The van der Waals surface area contributed by atoms with Crippen LogP contribution in [-0.2, 0) is 6.54 Å². The highest BCUT2D eigenvalue weighted by Gasteiger charge is 2.17. The average Bonchev–Trinajstić information content (AvgIpc) is 3.12. The van der Waals surface area contributed by atoms with Gasteiger partial charge >= 0.3 is 5.97 Å². The summed E-state index contributed by atoms with van der Waals surface area (Å²) in [6.07, 6.45) is 1.51. The molecule has 0 amide bonds. The van der Waals surface area contributed by atoms with Crippen LogP contribution in [-0.4, -0.2) is 56.7 Å². The fraction of sp³-hybridized carbons (Fsp3) is 0.286. The van der Waals surface area contributed by atoms with Crippen LogP contribution in [0.3, 0.4) is 0 Å². The number of ether oxygens (including phenoxy) is 1. The Hall–Kier alpha value is -2.81. The Labute approximate surface area is 130 Å². The fourth-order valence-corrected chi connectivity index (χ4v) is 1.99. The molecule has 0 radical (unpaired) electrons. The molecule has 0 atom stereocenters. The van der Waals surface area contributed by atoms with Gasteiger partial charge < -0.3 is 9.64 Å². The Balaban J connectivity index is 1.73. The van der Waals surface area contributed by atoms with Crippen LogP contribution in [0.25, 0.3) is 10.9 Å². The van der Waals surface area contributed by atoms with E-state index in [0.29, 0.717) is 17.4 Å². The highest BCUT2D eigenvalue weighted by atomic mass is 19.1. The third-order valence-electron chi connectivity index (χ3n) is 3.20. The molecule has 2 heterocycles. The normalized spacial score (nSPS) is 11.3. The zero-order valence-electron chi connectivity index (χ0n) is 12.7. The number of nitrogens with zero attached hydrogens (tertiary/aromatic N) is 5. The monoisotopic (exact) mass is 318 g/mol. The van der Waals surface area contributed by atoms with Gasteiger partial charge in [0.15, 0.2) is 5.69 Å².